The number of nitrogens with one attached hydrogen (secondary N) is 1. The van der Waals surface area contributed by atoms with Gasteiger partial charge in [0.1, 0.15) is 11.5 Å². The van der Waals surface area contributed by atoms with Crippen LogP contribution in [0.3, 0.4) is 0 Å². The van der Waals surface area contributed by atoms with E-state index in [4.69, 9.17) is 21.1 Å². The molecule has 2 aromatic rings. The van der Waals surface area contributed by atoms with Crippen molar-refractivity contribution < 1.29 is 9.47 Å². The van der Waals surface area contributed by atoms with Crippen LogP contribution in [-0.4, -0.2) is 14.2 Å². The Balaban J connectivity index is 2.12. The van der Waals surface area contributed by atoms with Crippen LogP contribution in [0.1, 0.15) is 11.1 Å². The fourth-order valence-electron chi connectivity index (χ4n) is 1.87. The molecule has 0 bridgehead atoms. The van der Waals surface area contributed by atoms with Gasteiger partial charge < -0.3 is 14.8 Å². The van der Waals surface area contributed by atoms with Gasteiger partial charge in [-0.15, -0.1) is 0 Å². The topological polar surface area (TPSA) is 30.5 Å². The highest BCUT2D eigenvalue weighted by atomic mass is 35.5. The first-order valence-corrected chi connectivity index (χ1v) is 6.64. The molecule has 0 aliphatic heterocycles. The lowest BCUT2D eigenvalue weighted by Gasteiger charge is -2.12. The Morgan fingerprint density at radius 3 is 2.65 bits per heavy atom. The summed E-state index contributed by atoms with van der Waals surface area (Å²) in [6.07, 6.45) is 0. The molecule has 0 aliphatic rings. The summed E-state index contributed by atoms with van der Waals surface area (Å²) >= 11 is 5.99. The van der Waals surface area contributed by atoms with E-state index in [0.29, 0.717) is 6.54 Å². The van der Waals surface area contributed by atoms with Crippen LogP contribution < -0.4 is 14.8 Å². The molecule has 0 unspecified atom stereocenters. The molecule has 2 aromatic carbocycles. The number of benzene rings is 2. The van der Waals surface area contributed by atoms with Crippen LogP contribution in [-0.2, 0) is 6.54 Å². The summed E-state index contributed by atoms with van der Waals surface area (Å²) in [7, 11) is 3.29. The first kappa shape index (κ1) is 14.5. The van der Waals surface area contributed by atoms with E-state index in [1.807, 2.05) is 31.2 Å². The summed E-state index contributed by atoms with van der Waals surface area (Å²) in [6.45, 7) is 2.61. The molecule has 0 aliphatic carbocycles. The van der Waals surface area contributed by atoms with E-state index < -0.39 is 0 Å². The second-order valence-electron chi connectivity index (χ2n) is 4.41. The molecule has 1 N–H and O–H groups in total. The number of hydrogen-bond donors (Lipinski definition) is 1. The van der Waals surface area contributed by atoms with E-state index in [9.17, 15) is 0 Å². The molecule has 105 valence electrons. The van der Waals surface area contributed by atoms with E-state index in [2.05, 4.69) is 11.4 Å². The molecule has 3 nitrogen and oxygen atoms in total. The number of rotatable bonds is 5. The quantitative estimate of drug-likeness (QED) is 0.900. The maximum Gasteiger partial charge on any atom is 0.127 e. The highest BCUT2D eigenvalue weighted by molar-refractivity contribution is 6.31. The summed E-state index contributed by atoms with van der Waals surface area (Å²) in [5.74, 6) is 1.57. The highest BCUT2D eigenvalue weighted by Gasteiger charge is 2.05. The van der Waals surface area contributed by atoms with Crippen molar-refractivity contribution in [1.82, 2.24) is 0 Å². The summed E-state index contributed by atoms with van der Waals surface area (Å²) in [5.41, 5.74) is 2.98. The second-order valence-corrected chi connectivity index (χ2v) is 4.82. The van der Waals surface area contributed by atoms with Gasteiger partial charge in [-0.3, -0.25) is 0 Å². The Kier molecular flexibility index (Phi) is 4.74. The van der Waals surface area contributed by atoms with Gasteiger partial charge in [-0.25, -0.2) is 0 Å². The van der Waals surface area contributed by atoms with E-state index >= 15 is 0 Å². The van der Waals surface area contributed by atoms with Gasteiger partial charge in [0.25, 0.3) is 0 Å². The van der Waals surface area contributed by atoms with Crippen molar-refractivity contribution in [3.05, 3.63) is 52.5 Å². The summed E-state index contributed by atoms with van der Waals surface area (Å²) < 4.78 is 10.5. The minimum atomic E-state index is 0.644. The molecular formula is C16H17ClNO2. The van der Waals surface area contributed by atoms with Crippen molar-refractivity contribution in [2.45, 2.75) is 13.5 Å². The van der Waals surface area contributed by atoms with Crippen LogP contribution in [0.25, 0.3) is 0 Å². The Labute approximate surface area is 124 Å². The van der Waals surface area contributed by atoms with E-state index in [1.54, 1.807) is 20.3 Å². The Hall–Kier alpha value is -1.87. The van der Waals surface area contributed by atoms with Crippen molar-refractivity contribution in [3.63, 3.8) is 0 Å². The van der Waals surface area contributed by atoms with Crippen molar-refractivity contribution in [2.75, 3.05) is 19.5 Å². The van der Waals surface area contributed by atoms with Gasteiger partial charge in [-0.05, 0) is 36.8 Å². The third-order valence-corrected chi connectivity index (χ3v) is 3.46. The lowest BCUT2D eigenvalue weighted by atomic mass is 10.1. The maximum atomic E-state index is 5.99. The second kappa shape index (κ2) is 6.53. The Morgan fingerprint density at radius 1 is 1.20 bits per heavy atom. The summed E-state index contributed by atoms with van der Waals surface area (Å²) in [5, 5.41) is 4.03. The van der Waals surface area contributed by atoms with Crippen LogP contribution in [0, 0.1) is 13.0 Å². The van der Waals surface area contributed by atoms with Crippen LogP contribution in [0.2, 0.25) is 5.02 Å². The molecule has 0 atom stereocenters. The Morgan fingerprint density at radius 2 is 2.00 bits per heavy atom. The average molecular weight is 291 g/mol. The van der Waals surface area contributed by atoms with Gasteiger partial charge in [0, 0.05) is 35.0 Å². The Bertz CT molecular complexity index is 599. The fourth-order valence-corrected chi connectivity index (χ4v) is 1.98. The van der Waals surface area contributed by atoms with Crippen molar-refractivity contribution in [2.24, 2.45) is 0 Å². The van der Waals surface area contributed by atoms with Crippen molar-refractivity contribution in [1.29, 1.82) is 0 Å². The number of hydrogen-bond acceptors (Lipinski definition) is 3. The average Bonchev–Trinajstić information content (AvgIpc) is 2.48. The van der Waals surface area contributed by atoms with Crippen LogP contribution in [0.15, 0.2) is 30.3 Å². The molecule has 1 radical (unpaired) electrons. The van der Waals surface area contributed by atoms with Gasteiger partial charge in [0.15, 0.2) is 0 Å². The molecular weight excluding hydrogens is 274 g/mol. The molecule has 4 heteroatoms. The minimum Gasteiger partial charge on any atom is -0.497 e. The number of methoxy groups -OCH3 is 2. The van der Waals surface area contributed by atoms with Crippen LogP contribution >= 0.6 is 11.6 Å². The largest absolute Gasteiger partial charge is 0.497 e. The molecule has 0 spiro atoms. The van der Waals surface area contributed by atoms with Crippen molar-refractivity contribution in [3.8, 4) is 11.5 Å². The maximum absolute atomic E-state index is 5.99. The van der Waals surface area contributed by atoms with Gasteiger partial charge in [0.2, 0.25) is 0 Å². The molecule has 0 heterocycles. The monoisotopic (exact) mass is 290 g/mol. The van der Waals surface area contributed by atoms with Gasteiger partial charge in [-0.1, -0.05) is 11.6 Å². The summed E-state index contributed by atoms with van der Waals surface area (Å²) in [6, 6.07) is 12.6. The zero-order valence-electron chi connectivity index (χ0n) is 11.8. The van der Waals surface area contributed by atoms with Crippen LogP contribution in [0.5, 0.6) is 11.5 Å². The minimum absolute atomic E-state index is 0.644. The van der Waals surface area contributed by atoms with E-state index in [-0.39, 0.29) is 0 Å². The predicted molar refractivity (Wildman–Crippen MR) is 81.9 cm³/mol. The zero-order chi connectivity index (χ0) is 14.5. The molecule has 0 amide bonds. The standard InChI is InChI=1S/C16H17ClNO2/c1-11-8-13(5-7-15(11)17)18-10-12-4-6-14(19-2)9-16(12)20-3/h4,6-9,18H,10H2,1-3H3. The zero-order valence-corrected chi connectivity index (χ0v) is 12.5. The molecule has 0 saturated carbocycles. The predicted octanol–water partition coefficient (Wildman–Crippen LogP) is 4.08. The van der Waals surface area contributed by atoms with Gasteiger partial charge in [-0.2, -0.15) is 0 Å². The first-order valence-electron chi connectivity index (χ1n) is 6.26. The lowest BCUT2D eigenvalue weighted by molar-refractivity contribution is 0.391. The third-order valence-electron chi connectivity index (χ3n) is 3.06. The third kappa shape index (κ3) is 3.36. The fraction of sp³-hybridized carbons (Fsp3) is 0.250. The van der Waals surface area contributed by atoms with E-state index in [0.717, 1.165) is 33.3 Å². The van der Waals surface area contributed by atoms with Gasteiger partial charge in [0.05, 0.1) is 14.2 Å². The molecule has 0 aromatic heterocycles. The SMILES string of the molecule is COc1ccc(CNc2[c]cc(Cl)c(C)c2)c(OC)c1. The number of aryl methyl sites for hydroxylation is 1. The first-order chi connectivity index (χ1) is 9.63. The number of halogens is 1. The van der Waals surface area contributed by atoms with Gasteiger partial charge >= 0.3 is 0 Å². The number of ether oxygens (including phenoxy) is 2. The number of anilines is 1. The van der Waals surface area contributed by atoms with Crippen molar-refractivity contribution >= 4 is 17.3 Å². The molecule has 0 saturated heterocycles. The summed E-state index contributed by atoms with van der Waals surface area (Å²) in [4.78, 5) is 0. The molecule has 20 heavy (non-hydrogen) atoms. The molecule has 2 rings (SSSR count). The normalized spacial score (nSPS) is 10.2. The van der Waals surface area contributed by atoms with Crippen LogP contribution in [0.4, 0.5) is 5.69 Å². The van der Waals surface area contributed by atoms with E-state index in [1.165, 1.54) is 0 Å². The highest BCUT2D eigenvalue weighted by Crippen LogP contribution is 2.26. The smallest absolute Gasteiger partial charge is 0.127 e. The molecule has 0 fully saturated rings. The lowest BCUT2D eigenvalue weighted by Crippen LogP contribution is -2.02.